The lowest BCUT2D eigenvalue weighted by Gasteiger charge is -2.26. The fourth-order valence-corrected chi connectivity index (χ4v) is 2.34. The van der Waals surface area contributed by atoms with E-state index in [1.807, 2.05) is 17.0 Å². The van der Waals surface area contributed by atoms with Crippen molar-refractivity contribution in [3.05, 3.63) is 24.3 Å². The first kappa shape index (κ1) is 14.5. The molecule has 1 amide bonds. The Bertz CT molecular complexity index is 487. The van der Waals surface area contributed by atoms with E-state index in [0.29, 0.717) is 25.2 Å². The first-order valence-electron chi connectivity index (χ1n) is 6.23. The summed E-state index contributed by atoms with van der Waals surface area (Å²) in [4.78, 5) is 13.9. The number of benzene rings is 1. The van der Waals surface area contributed by atoms with Crippen LogP contribution in [0.25, 0.3) is 0 Å². The lowest BCUT2D eigenvalue weighted by molar-refractivity contribution is -0.185. The van der Waals surface area contributed by atoms with E-state index in [-0.39, 0.29) is 0 Å². The third kappa shape index (κ3) is 2.97. The van der Waals surface area contributed by atoms with Gasteiger partial charge in [0.05, 0.1) is 6.04 Å². The normalized spacial score (nSPS) is 19.2. The Morgan fingerprint density at radius 3 is 2.50 bits per heavy atom. The quantitative estimate of drug-likeness (QED) is 0.845. The average Bonchev–Trinajstić information content (AvgIpc) is 2.86. The van der Waals surface area contributed by atoms with Gasteiger partial charge >= 0.3 is 12.1 Å². The molecule has 0 saturated carbocycles. The first-order valence-corrected chi connectivity index (χ1v) is 6.23. The van der Waals surface area contributed by atoms with Crippen LogP contribution in [0.1, 0.15) is 6.42 Å². The van der Waals surface area contributed by atoms with E-state index in [4.69, 9.17) is 5.73 Å². The second-order valence-electron chi connectivity index (χ2n) is 4.89. The molecule has 0 aliphatic carbocycles. The highest BCUT2D eigenvalue weighted by Crippen LogP contribution is 2.26. The van der Waals surface area contributed by atoms with Crippen LogP contribution in [-0.2, 0) is 4.79 Å². The number of rotatable bonds is 2. The largest absolute Gasteiger partial charge is 0.471 e. The fraction of sp³-hybridized carbons (Fsp3) is 0.462. The number of likely N-dealkylation sites (N-methyl/N-ethyl adjacent to an activating group) is 1. The molecule has 1 aliphatic heterocycles. The van der Waals surface area contributed by atoms with E-state index in [2.05, 4.69) is 0 Å². The predicted octanol–water partition coefficient (Wildman–Crippen LogP) is 1.87. The van der Waals surface area contributed by atoms with E-state index in [0.717, 1.165) is 10.6 Å². The maximum Gasteiger partial charge on any atom is 0.471 e. The van der Waals surface area contributed by atoms with Crippen LogP contribution >= 0.6 is 0 Å². The summed E-state index contributed by atoms with van der Waals surface area (Å²) in [7, 11) is 1.20. The van der Waals surface area contributed by atoms with E-state index in [1.165, 1.54) is 7.05 Å². The van der Waals surface area contributed by atoms with Crippen molar-refractivity contribution in [1.82, 2.24) is 4.90 Å². The molecule has 0 spiro atoms. The molecule has 4 nitrogen and oxygen atoms in total. The van der Waals surface area contributed by atoms with Crippen molar-refractivity contribution >= 4 is 17.3 Å². The molecule has 1 heterocycles. The van der Waals surface area contributed by atoms with E-state index in [9.17, 15) is 18.0 Å². The van der Waals surface area contributed by atoms with Crippen LogP contribution in [0.4, 0.5) is 24.5 Å². The van der Waals surface area contributed by atoms with Crippen LogP contribution in [0.5, 0.6) is 0 Å². The third-order valence-electron chi connectivity index (χ3n) is 3.53. The molecule has 1 unspecified atom stereocenters. The van der Waals surface area contributed by atoms with Crippen LogP contribution in [-0.4, -0.2) is 43.2 Å². The Morgan fingerprint density at radius 2 is 1.95 bits per heavy atom. The Morgan fingerprint density at radius 1 is 1.35 bits per heavy atom. The number of nitrogens with two attached hydrogens (primary N) is 1. The van der Waals surface area contributed by atoms with Gasteiger partial charge < -0.3 is 15.5 Å². The van der Waals surface area contributed by atoms with Gasteiger partial charge in [0.2, 0.25) is 0 Å². The highest BCUT2D eigenvalue weighted by molar-refractivity contribution is 5.82. The molecule has 1 saturated heterocycles. The minimum Gasteiger partial charge on any atom is -0.399 e. The Labute approximate surface area is 114 Å². The van der Waals surface area contributed by atoms with Gasteiger partial charge in [-0.15, -0.1) is 0 Å². The second-order valence-corrected chi connectivity index (χ2v) is 4.89. The molecule has 1 fully saturated rings. The molecule has 110 valence electrons. The molecule has 1 aliphatic rings. The van der Waals surface area contributed by atoms with Gasteiger partial charge in [0.25, 0.3) is 0 Å². The molecule has 2 N–H and O–H groups in total. The molecule has 0 radical (unpaired) electrons. The topological polar surface area (TPSA) is 49.6 Å². The van der Waals surface area contributed by atoms with Crippen molar-refractivity contribution in [1.29, 1.82) is 0 Å². The first-order chi connectivity index (χ1) is 9.29. The fourth-order valence-electron chi connectivity index (χ4n) is 2.34. The highest BCUT2D eigenvalue weighted by Gasteiger charge is 2.44. The summed E-state index contributed by atoms with van der Waals surface area (Å²) in [5.74, 6) is -1.79. The maximum atomic E-state index is 12.4. The summed E-state index contributed by atoms with van der Waals surface area (Å²) in [5, 5.41) is 0. The molecule has 1 aromatic carbocycles. The zero-order valence-corrected chi connectivity index (χ0v) is 11.0. The Balaban J connectivity index is 2.02. The van der Waals surface area contributed by atoms with Crippen LogP contribution in [0, 0.1) is 0 Å². The molecule has 1 atom stereocenters. The third-order valence-corrected chi connectivity index (χ3v) is 3.53. The molecular formula is C13H16F3N3O. The van der Waals surface area contributed by atoms with Crippen LogP contribution in [0.3, 0.4) is 0 Å². The standard InChI is InChI=1S/C13H16F3N3O/c1-18(12(20)13(14,15)16)11-6-7-19(8-11)10-4-2-9(17)3-5-10/h2-5,11H,6-8,17H2,1H3. The minimum atomic E-state index is -4.82. The number of hydrogen-bond acceptors (Lipinski definition) is 3. The minimum absolute atomic E-state index is 0.391. The lowest BCUT2D eigenvalue weighted by atomic mass is 10.2. The van der Waals surface area contributed by atoms with Gasteiger partial charge in [-0.1, -0.05) is 0 Å². The summed E-state index contributed by atoms with van der Waals surface area (Å²) >= 11 is 0. The zero-order chi connectivity index (χ0) is 14.9. The highest BCUT2D eigenvalue weighted by atomic mass is 19.4. The van der Waals surface area contributed by atoms with Crippen LogP contribution in [0.15, 0.2) is 24.3 Å². The molecule has 7 heteroatoms. The smallest absolute Gasteiger partial charge is 0.399 e. The number of alkyl halides is 3. The number of carbonyl (C=O) groups excluding carboxylic acids is 1. The molecule has 0 bridgehead atoms. The Kier molecular flexibility index (Phi) is 3.78. The molecule has 2 rings (SSSR count). The monoisotopic (exact) mass is 287 g/mol. The van der Waals surface area contributed by atoms with Crippen molar-refractivity contribution in [3.63, 3.8) is 0 Å². The van der Waals surface area contributed by atoms with Crippen molar-refractivity contribution < 1.29 is 18.0 Å². The maximum absolute atomic E-state index is 12.4. The van der Waals surface area contributed by atoms with Gasteiger partial charge in [-0.05, 0) is 30.7 Å². The van der Waals surface area contributed by atoms with Crippen molar-refractivity contribution in [2.75, 3.05) is 30.8 Å². The number of halogens is 3. The van der Waals surface area contributed by atoms with Crippen LogP contribution in [0.2, 0.25) is 0 Å². The van der Waals surface area contributed by atoms with E-state index >= 15 is 0 Å². The van der Waals surface area contributed by atoms with Crippen molar-refractivity contribution in [3.8, 4) is 0 Å². The molecule has 0 aromatic heterocycles. The number of anilines is 2. The number of amides is 1. The lowest BCUT2D eigenvalue weighted by Crippen LogP contribution is -2.45. The van der Waals surface area contributed by atoms with Gasteiger partial charge in [0.1, 0.15) is 0 Å². The van der Waals surface area contributed by atoms with Gasteiger partial charge in [-0.3, -0.25) is 4.79 Å². The van der Waals surface area contributed by atoms with Crippen molar-refractivity contribution in [2.24, 2.45) is 0 Å². The number of hydrogen-bond donors (Lipinski definition) is 1. The number of nitrogen functional groups attached to an aromatic ring is 1. The van der Waals surface area contributed by atoms with Gasteiger partial charge in [-0.25, -0.2) is 0 Å². The summed E-state index contributed by atoms with van der Waals surface area (Å²) in [6.07, 6.45) is -4.30. The van der Waals surface area contributed by atoms with Gasteiger partial charge in [0, 0.05) is 31.5 Å². The van der Waals surface area contributed by atoms with E-state index in [1.54, 1.807) is 12.1 Å². The summed E-state index contributed by atoms with van der Waals surface area (Å²) in [6.45, 7) is 1.01. The average molecular weight is 287 g/mol. The van der Waals surface area contributed by atoms with Gasteiger partial charge in [0.15, 0.2) is 0 Å². The summed E-state index contributed by atoms with van der Waals surface area (Å²) in [5.41, 5.74) is 7.12. The van der Waals surface area contributed by atoms with E-state index < -0.39 is 18.1 Å². The zero-order valence-electron chi connectivity index (χ0n) is 11.0. The Hall–Kier alpha value is -1.92. The van der Waals surface area contributed by atoms with Gasteiger partial charge in [-0.2, -0.15) is 13.2 Å². The SMILES string of the molecule is CN(C(=O)C(F)(F)F)C1CCN(c2ccc(N)cc2)C1. The molecular weight excluding hydrogens is 271 g/mol. The predicted molar refractivity (Wildman–Crippen MR) is 70.3 cm³/mol. The summed E-state index contributed by atoms with van der Waals surface area (Å²) < 4.78 is 37.2. The number of nitrogens with zero attached hydrogens (tertiary/aromatic N) is 2. The van der Waals surface area contributed by atoms with Crippen LogP contribution < -0.4 is 10.6 Å². The van der Waals surface area contributed by atoms with Crippen molar-refractivity contribution in [2.45, 2.75) is 18.6 Å². The second kappa shape index (κ2) is 5.22. The number of carbonyl (C=O) groups is 1. The summed E-state index contributed by atoms with van der Waals surface area (Å²) in [6, 6.07) is 6.70. The molecule has 20 heavy (non-hydrogen) atoms. The molecule has 1 aromatic rings.